The molecule has 3 aliphatic rings. The molecule has 448 valence electrons. The summed E-state index contributed by atoms with van der Waals surface area (Å²) in [7, 11) is -0.340. The smallest absolute Gasteiger partial charge is 0.314 e. The number of sulfonamides is 2. The molecule has 0 heterocycles. The summed E-state index contributed by atoms with van der Waals surface area (Å²) in [5.41, 5.74) is 6.21. The number of unbranched alkanes of at least 4 members (excludes halogenated alkanes) is 1. The molecule has 3 aromatic rings. The van der Waals surface area contributed by atoms with Crippen LogP contribution >= 0.6 is 23.2 Å². The molecule has 26 heteroatoms. The molecule has 0 saturated heterocycles. The van der Waals surface area contributed by atoms with Gasteiger partial charge < -0.3 is 59.5 Å². The number of nitrogens with zero attached hydrogens (tertiary/aromatic N) is 2. The first-order chi connectivity index (χ1) is 38.6. The summed E-state index contributed by atoms with van der Waals surface area (Å²) < 4.78 is 121. The standard InChI is InChI=1S/C55H76Cl2F2N8O12S2/c1-36-29-38(56)9-12-42-43(36)34-48(66(3)4)52(42)78-50-13-10-40(32-46(50)58)80(70,71)64-19-23-76-27-25-74-21-17-62-54(68)60-15-7-8-16-61-55(69)63-18-22-75-26-28-77-24-20-65-81(72,73)41-11-14-51(47(59)33-41)79-53-45-31-39(57)30-37(2)44(45)35-49(53)67(5)6/h9-11,13-14,29-33,48-49,52-53,64-65H,7-8,12,15-28,34-35H2,1-6H3,(H2,60,62,68)(H2,61,63,69)/t48-,49-,52-,53-/m0/s1. The fourth-order valence-electron chi connectivity index (χ4n) is 9.44. The van der Waals surface area contributed by atoms with Crippen molar-refractivity contribution >= 4 is 55.3 Å². The van der Waals surface area contributed by atoms with E-state index in [1.54, 1.807) is 0 Å². The topological polar surface area (TPSA) is 236 Å². The lowest BCUT2D eigenvalue weighted by Gasteiger charge is -2.29. The molecule has 0 aliphatic heterocycles. The van der Waals surface area contributed by atoms with Crippen LogP contribution in [-0.4, -0.2) is 177 Å². The molecule has 0 bridgehead atoms. The van der Waals surface area contributed by atoms with Crippen LogP contribution in [0.4, 0.5) is 18.4 Å². The number of fused-ring (bicyclic) bond motifs is 1. The van der Waals surface area contributed by atoms with Crippen molar-refractivity contribution in [3.05, 3.63) is 116 Å². The van der Waals surface area contributed by atoms with Crippen LogP contribution in [0.15, 0.2) is 92.2 Å². The van der Waals surface area contributed by atoms with Crippen molar-refractivity contribution in [1.82, 2.24) is 40.5 Å². The second-order valence-electron chi connectivity index (χ2n) is 20.0. The van der Waals surface area contributed by atoms with Crippen LogP contribution in [0.3, 0.4) is 0 Å². The Morgan fingerprint density at radius 2 is 1.06 bits per heavy atom. The maximum atomic E-state index is 15.4. The highest BCUT2D eigenvalue weighted by Gasteiger charge is 2.40. The zero-order valence-corrected chi connectivity index (χ0v) is 49.8. The summed E-state index contributed by atoms with van der Waals surface area (Å²) in [6, 6.07) is 9.99. The van der Waals surface area contributed by atoms with Gasteiger partial charge in [-0.05, 0) is 162 Å². The number of hydrogen-bond acceptors (Lipinski definition) is 14. The molecule has 6 rings (SSSR count). The van der Waals surface area contributed by atoms with Gasteiger partial charge in [0.05, 0.1) is 74.7 Å². The predicted octanol–water partition coefficient (Wildman–Crippen LogP) is 6.09. The molecular formula is C55H76Cl2F2N8O12S2. The molecule has 0 spiro atoms. The quantitative estimate of drug-likeness (QED) is 0.0379. The van der Waals surface area contributed by atoms with E-state index in [4.69, 9.17) is 51.6 Å². The number of ether oxygens (including phenoxy) is 6. The zero-order chi connectivity index (χ0) is 58.7. The molecule has 4 atom stereocenters. The Hall–Kier alpha value is -4.96. The molecule has 0 radical (unpaired) electrons. The first-order valence-corrected chi connectivity index (χ1v) is 30.5. The van der Waals surface area contributed by atoms with E-state index in [-0.39, 0.29) is 124 Å². The minimum Gasteiger partial charge on any atom is -0.481 e. The van der Waals surface area contributed by atoms with E-state index in [1.165, 1.54) is 24.3 Å². The third-order valence-electron chi connectivity index (χ3n) is 13.7. The Morgan fingerprint density at radius 3 is 1.54 bits per heavy atom. The Kier molecular flexibility index (Phi) is 25.5. The third-order valence-corrected chi connectivity index (χ3v) is 17.1. The lowest BCUT2D eigenvalue weighted by atomic mass is 10.0. The number of nitrogens with one attached hydrogen (secondary N) is 6. The number of carbonyl (C=O) groups excluding carboxylic acids is 2. The molecule has 81 heavy (non-hydrogen) atoms. The summed E-state index contributed by atoms with van der Waals surface area (Å²) >= 11 is 12.7. The van der Waals surface area contributed by atoms with Crippen LogP contribution in [0.5, 0.6) is 11.5 Å². The van der Waals surface area contributed by atoms with E-state index >= 15 is 8.78 Å². The van der Waals surface area contributed by atoms with Crippen molar-refractivity contribution in [2.75, 3.05) is 120 Å². The van der Waals surface area contributed by atoms with Crippen molar-refractivity contribution in [3.8, 4) is 11.5 Å². The van der Waals surface area contributed by atoms with E-state index in [2.05, 4.69) is 30.7 Å². The molecule has 3 aliphatic carbocycles. The van der Waals surface area contributed by atoms with Gasteiger partial charge in [-0.1, -0.05) is 29.3 Å². The summed E-state index contributed by atoms with van der Waals surface area (Å²) in [5, 5.41) is 12.0. The highest BCUT2D eigenvalue weighted by molar-refractivity contribution is 7.89. The predicted molar refractivity (Wildman–Crippen MR) is 305 cm³/mol. The normalized spacial score (nSPS) is 18.1. The van der Waals surface area contributed by atoms with E-state index in [9.17, 15) is 26.4 Å². The minimum atomic E-state index is -4.04. The van der Waals surface area contributed by atoms with Gasteiger partial charge in [0.25, 0.3) is 0 Å². The maximum Gasteiger partial charge on any atom is 0.314 e. The number of benzene rings is 3. The number of allylic oxidation sites excluding steroid dienone is 4. The number of halogens is 4. The van der Waals surface area contributed by atoms with Gasteiger partial charge in [0.2, 0.25) is 20.0 Å². The number of urea groups is 2. The van der Waals surface area contributed by atoms with E-state index in [0.717, 1.165) is 45.5 Å². The first kappa shape index (κ1) is 65.2. The minimum absolute atomic E-state index is 0.0432. The number of rotatable bonds is 33. The molecule has 20 nitrogen and oxygen atoms in total. The first-order valence-electron chi connectivity index (χ1n) is 26.8. The lowest BCUT2D eigenvalue weighted by molar-refractivity contribution is 0.0516. The number of hydrogen-bond donors (Lipinski definition) is 6. The van der Waals surface area contributed by atoms with Crippen molar-refractivity contribution in [2.45, 2.75) is 80.0 Å². The van der Waals surface area contributed by atoms with Crippen molar-refractivity contribution in [2.24, 2.45) is 0 Å². The summed E-state index contributed by atoms with van der Waals surface area (Å²) in [6.07, 6.45) is 6.11. The average Bonchev–Trinajstić information content (AvgIpc) is 4.07. The molecule has 0 fully saturated rings. The van der Waals surface area contributed by atoms with Crippen LogP contribution in [0.1, 0.15) is 55.4 Å². The molecule has 6 N–H and O–H groups in total. The van der Waals surface area contributed by atoms with E-state index < -0.39 is 43.9 Å². The zero-order valence-electron chi connectivity index (χ0n) is 46.6. The van der Waals surface area contributed by atoms with Gasteiger partial charge in [0.15, 0.2) is 23.1 Å². The van der Waals surface area contributed by atoms with Crippen molar-refractivity contribution < 1.29 is 63.6 Å². The number of aryl methyl sites for hydroxylation is 1. The molecule has 0 unspecified atom stereocenters. The van der Waals surface area contributed by atoms with Gasteiger partial charge in [-0.15, -0.1) is 0 Å². The summed E-state index contributed by atoms with van der Waals surface area (Å²) in [6.45, 7) is 6.47. The number of likely N-dealkylation sites (N-methyl/N-ethyl adjacent to an activating group) is 2. The summed E-state index contributed by atoms with van der Waals surface area (Å²) in [4.78, 5) is 27.8. The Bertz CT molecular complexity index is 2950. The Labute approximate surface area is 484 Å². The largest absolute Gasteiger partial charge is 0.481 e. The molecule has 0 aromatic heterocycles. The van der Waals surface area contributed by atoms with Gasteiger partial charge in [0.1, 0.15) is 12.2 Å². The van der Waals surface area contributed by atoms with Crippen LogP contribution in [0.2, 0.25) is 5.02 Å². The average molecular weight is 1210 g/mol. The van der Waals surface area contributed by atoms with Crippen molar-refractivity contribution in [1.29, 1.82) is 0 Å². The summed E-state index contributed by atoms with van der Waals surface area (Å²) in [5.74, 6) is -1.71. The Morgan fingerprint density at radius 1 is 0.605 bits per heavy atom. The van der Waals surface area contributed by atoms with Gasteiger partial charge in [-0.2, -0.15) is 0 Å². The SMILES string of the molecule is CC1=CC(Cl)=CCC2=C1C[C@H](N(C)C)[C@H]2Oc1ccc(S(=O)(=O)NCCOCCOCCNC(=O)NCCCCNC(=O)NCCOCCOCCNS(=O)(=O)c2ccc(O[C@H]3c4cc(Cl)cc(C)c4C[C@@H]3N(C)C)c(F)c2)cc1F. The van der Waals surface area contributed by atoms with Crippen LogP contribution < -0.4 is 40.2 Å². The maximum absolute atomic E-state index is 15.4. The van der Waals surface area contributed by atoms with Crippen LogP contribution in [0, 0.1) is 18.6 Å². The highest BCUT2D eigenvalue weighted by atomic mass is 35.5. The monoisotopic (exact) mass is 1210 g/mol. The molecular weight excluding hydrogens is 1140 g/mol. The molecule has 3 aromatic carbocycles. The fraction of sp³-hybridized carbons (Fsp3) is 0.527. The second kappa shape index (κ2) is 31.6. The lowest BCUT2D eigenvalue weighted by Crippen LogP contribution is -2.40. The fourth-order valence-corrected chi connectivity index (χ4v) is 12.0. The third kappa shape index (κ3) is 19.6. The van der Waals surface area contributed by atoms with Crippen LogP contribution in [-0.2, 0) is 45.4 Å². The molecule has 0 saturated carbocycles. The molecule has 4 amide bonds. The number of amides is 4. The second-order valence-corrected chi connectivity index (χ2v) is 24.4. The Balaban J connectivity index is 0.710. The van der Waals surface area contributed by atoms with Crippen LogP contribution in [0.25, 0.3) is 0 Å². The van der Waals surface area contributed by atoms with Gasteiger partial charge in [-0.3, -0.25) is 0 Å². The van der Waals surface area contributed by atoms with E-state index in [0.29, 0.717) is 55.2 Å². The number of carbonyl (C=O) groups is 2. The van der Waals surface area contributed by atoms with Gasteiger partial charge in [0, 0.05) is 49.3 Å². The van der Waals surface area contributed by atoms with Crippen molar-refractivity contribution in [3.63, 3.8) is 0 Å². The van der Waals surface area contributed by atoms with Gasteiger partial charge >= 0.3 is 12.1 Å². The highest BCUT2D eigenvalue weighted by Crippen LogP contribution is 2.43. The van der Waals surface area contributed by atoms with Gasteiger partial charge in [-0.25, -0.2) is 44.6 Å². The van der Waals surface area contributed by atoms with E-state index in [1.807, 2.05) is 76.1 Å².